The highest BCUT2D eigenvalue weighted by Gasteiger charge is 2.63. The Balaban J connectivity index is 1.68. The first-order chi connectivity index (χ1) is 11.3. The molecule has 132 valence electrons. The molecule has 0 N–H and O–H groups in total. The quantitative estimate of drug-likeness (QED) is 0.522. The standard InChI is InChI=1S/C21H30O3/c1-14-6-5-9-19(2)16(14)7-10-20(3)17(19)13-21(4,24-20)15-8-11-23-18(22)12-15/h8,16-17H,1,5-7,9-13H2,2-4H3/t16-,17+,19-,20-,21+/m1/s1. The van der Waals surface area contributed by atoms with Crippen molar-refractivity contribution in [1.29, 1.82) is 0 Å². The predicted molar refractivity (Wildman–Crippen MR) is 93.5 cm³/mol. The monoisotopic (exact) mass is 330 g/mol. The van der Waals surface area contributed by atoms with Crippen LogP contribution in [-0.4, -0.2) is 23.8 Å². The maximum absolute atomic E-state index is 11.8. The fraction of sp³-hybridized carbons (Fsp3) is 0.762. The van der Waals surface area contributed by atoms with Gasteiger partial charge in [0.05, 0.1) is 17.6 Å². The Morgan fingerprint density at radius 2 is 2.04 bits per heavy atom. The number of hydrogen-bond donors (Lipinski definition) is 0. The molecule has 0 aromatic rings. The maximum Gasteiger partial charge on any atom is 0.310 e. The summed E-state index contributed by atoms with van der Waals surface area (Å²) < 4.78 is 11.9. The second kappa shape index (κ2) is 5.20. The number of allylic oxidation sites excluding steroid dienone is 1. The third-order valence-electron chi connectivity index (χ3n) is 7.60. The van der Waals surface area contributed by atoms with Gasteiger partial charge in [0, 0.05) is 0 Å². The molecule has 0 radical (unpaired) electrons. The molecule has 0 aromatic heterocycles. The summed E-state index contributed by atoms with van der Waals surface area (Å²) in [5.41, 5.74) is 2.47. The summed E-state index contributed by atoms with van der Waals surface area (Å²) in [6.07, 6.45) is 9.49. The normalized spacial score (nSPS) is 48.4. The summed E-state index contributed by atoms with van der Waals surface area (Å²) in [6.45, 7) is 11.8. The largest absolute Gasteiger partial charge is 0.461 e. The van der Waals surface area contributed by atoms with Gasteiger partial charge in [-0.25, -0.2) is 0 Å². The summed E-state index contributed by atoms with van der Waals surface area (Å²) in [5, 5.41) is 0. The fourth-order valence-corrected chi connectivity index (χ4v) is 6.40. The Labute approximate surface area is 145 Å². The van der Waals surface area contributed by atoms with Gasteiger partial charge in [-0.05, 0) is 81.3 Å². The van der Waals surface area contributed by atoms with Crippen LogP contribution in [0.4, 0.5) is 0 Å². The van der Waals surface area contributed by atoms with E-state index >= 15 is 0 Å². The molecule has 2 aliphatic carbocycles. The molecule has 2 saturated carbocycles. The number of cyclic esters (lactones) is 1. The molecule has 0 spiro atoms. The zero-order valence-electron chi connectivity index (χ0n) is 15.3. The van der Waals surface area contributed by atoms with Crippen molar-refractivity contribution in [3.05, 3.63) is 23.8 Å². The molecule has 3 nitrogen and oxygen atoms in total. The molecule has 0 aromatic carbocycles. The van der Waals surface area contributed by atoms with Crippen LogP contribution >= 0.6 is 0 Å². The van der Waals surface area contributed by atoms with Crippen molar-refractivity contribution in [2.24, 2.45) is 17.3 Å². The predicted octanol–water partition coefficient (Wildman–Crippen LogP) is 4.57. The minimum Gasteiger partial charge on any atom is -0.461 e. The smallest absolute Gasteiger partial charge is 0.310 e. The van der Waals surface area contributed by atoms with Crippen molar-refractivity contribution in [3.8, 4) is 0 Å². The second-order valence-electron chi connectivity index (χ2n) is 9.10. The number of esters is 1. The maximum atomic E-state index is 11.8. The molecule has 3 fully saturated rings. The lowest BCUT2D eigenvalue weighted by molar-refractivity contribution is -0.147. The van der Waals surface area contributed by atoms with Gasteiger partial charge >= 0.3 is 5.97 Å². The van der Waals surface area contributed by atoms with E-state index in [2.05, 4.69) is 33.4 Å². The molecule has 4 rings (SSSR count). The Kier molecular flexibility index (Phi) is 3.55. The highest BCUT2D eigenvalue weighted by Crippen LogP contribution is 2.65. The minimum absolute atomic E-state index is 0.0835. The summed E-state index contributed by atoms with van der Waals surface area (Å²) >= 11 is 0. The Hall–Kier alpha value is -1.09. The van der Waals surface area contributed by atoms with E-state index in [4.69, 9.17) is 9.47 Å². The molecule has 5 atom stereocenters. The summed E-state index contributed by atoms with van der Waals surface area (Å²) in [5.74, 6) is 1.05. The third-order valence-corrected chi connectivity index (χ3v) is 7.60. The molecule has 0 unspecified atom stereocenters. The molecular weight excluding hydrogens is 300 g/mol. The molecule has 2 aliphatic heterocycles. The van der Waals surface area contributed by atoms with Crippen LogP contribution in [0, 0.1) is 17.3 Å². The van der Waals surface area contributed by atoms with Gasteiger partial charge in [0.25, 0.3) is 0 Å². The average Bonchev–Trinajstić information content (AvgIpc) is 2.81. The lowest BCUT2D eigenvalue weighted by Gasteiger charge is -2.55. The average molecular weight is 330 g/mol. The van der Waals surface area contributed by atoms with E-state index in [-0.39, 0.29) is 22.6 Å². The van der Waals surface area contributed by atoms with Gasteiger partial charge in [-0.3, -0.25) is 4.79 Å². The van der Waals surface area contributed by atoms with Gasteiger partial charge < -0.3 is 9.47 Å². The van der Waals surface area contributed by atoms with E-state index in [1.807, 2.05) is 0 Å². The van der Waals surface area contributed by atoms with Crippen molar-refractivity contribution < 1.29 is 14.3 Å². The van der Waals surface area contributed by atoms with Crippen molar-refractivity contribution in [3.63, 3.8) is 0 Å². The Bertz CT molecular complexity index is 621. The van der Waals surface area contributed by atoms with E-state index in [9.17, 15) is 4.79 Å². The first kappa shape index (κ1) is 16.4. The fourth-order valence-electron chi connectivity index (χ4n) is 6.40. The first-order valence-corrected chi connectivity index (χ1v) is 9.50. The van der Waals surface area contributed by atoms with E-state index in [1.165, 1.54) is 31.3 Å². The number of carbonyl (C=O) groups is 1. The van der Waals surface area contributed by atoms with Gasteiger partial charge in [0.2, 0.25) is 0 Å². The summed E-state index contributed by atoms with van der Waals surface area (Å²) in [6, 6.07) is 0. The zero-order chi connectivity index (χ0) is 17.2. The van der Waals surface area contributed by atoms with Crippen LogP contribution in [0.15, 0.2) is 23.8 Å². The SMILES string of the molecule is C=C1CCC[C@]2(C)[C@@H]1CC[C@@]1(C)O[C@](C)(C3=CCOC(=O)C3)C[C@@H]21. The lowest BCUT2D eigenvalue weighted by atomic mass is 9.50. The van der Waals surface area contributed by atoms with Crippen molar-refractivity contribution >= 4 is 5.97 Å². The van der Waals surface area contributed by atoms with E-state index in [0.29, 0.717) is 24.9 Å². The van der Waals surface area contributed by atoms with Crippen LogP contribution in [0.25, 0.3) is 0 Å². The molecule has 24 heavy (non-hydrogen) atoms. The molecule has 1 saturated heterocycles. The second-order valence-corrected chi connectivity index (χ2v) is 9.10. The van der Waals surface area contributed by atoms with Crippen LogP contribution < -0.4 is 0 Å². The molecule has 0 amide bonds. The van der Waals surface area contributed by atoms with Crippen LogP contribution in [-0.2, 0) is 14.3 Å². The van der Waals surface area contributed by atoms with Crippen LogP contribution in [0.1, 0.15) is 65.7 Å². The van der Waals surface area contributed by atoms with Crippen molar-refractivity contribution in [1.82, 2.24) is 0 Å². The number of ether oxygens (including phenoxy) is 2. The van der Waals surface area contributed by atoms with Crippen molar-refractivity contribution in [2.75, 3.05) is 6.61 Å². The molecule has 3 heteroatoms. The number of hydrogen-bond acceptors (Lipinski definition) is 3. The lowest BCUT2D eigenvalue weighted by Crippen LogP contribution is -2.52. The van der Waals surface area contributed by atoms with Gasteiger partial charge in [0.1, 0.15) is 6.61 Å². The molecule has 2 heterocycles. The van der Waals surface area contributed by atoms with E-state index < -0.39 is 0 Å². The van der Waals surface area contributed by atoms with E-state index in [0.717, 1.165) is 18.4 Å². The molecule has 0 bridgehead atoms. The molecular formula is C21H30O3. The van der Waals surface area contributed by atoms with Crippen LogP contribution in [0.5, 0.6) is 0 Å². The number of rotatable bonds is 1. The van der Waals surface area contributed by atoms with Gasteiger partial charge in [-0.2, -0.15) is 0 Å². The number of carbonyl (C=O) groups excluding carboxylic acids is 1. The Morgan fingerprint density at radius 3 is 2.79 bits per heavy atom. The van der Waals surface area contributed by atoms with Crippen molar-refractivity contribution in [2.45, 2.75) is 76.9 Å². The van der Waals surface area contributed by atoms with Gasteiger partial charge in [-0.1, -0.05) is 19.1 Å². The van der Waals surface area contributed by atoms with Crippen LogP contribution in [0.2, 0.25) is 0 Å². The Morgan fingerprint density at radius 1 is 1.25 bits per heavy atom. The minimum atomic E-state index is -0.324. The highest BCUT2D eigenvalue weighted by molar-refractivity contribution is 5.74. The topological polar surface area (TPSA) is 35.5 Å². The highest BCUT2D eigenvalue weighted by atomic mass is 16.5. The third kappa shape index (κ3) is 2.23. The van der Waals surface area contributed by atoms with Gasteiger partial charge in [0.15, 0.2) is 0 Å². The van der Waals surface area contributed by atoms with Crippen LogP contribution in [0.3, 0.4) is 0 Å². The zero-order valence-corrected chi connectivity index (χ0v) is 15.3. The molecule has 4 aliphatic rings. The first-order valence-electron chi connectivity index (χ1n) is 9.50. The summed E-state index contributed by atoms with van der Waals surface area (Å²) in [4.78, 5) is 11.8. The summed E-state index contributed by atoms with van der Waals surface area (Å²) in [7, 11) is 0. The van der Waals surface area contributed by atoms with Gasteiger partial charge in [-0.15, -0.1) is 0 Å². The van der Waals surface area contributed by atoms with E-state index in [1.54, 1.807) is 0 Å². The number of fused-ring (bicyclic) bond motifs is 3.